The molecule has 2 rings (SSSR count). The number of hydrogen-bond donors (Lipinski definition) is 2. The summed E-state index contributed by atoms with van der Waals surface area (Å²) < 4.78 is 5.39. The van der Waals surface area contributed by atoms with Gasteiger partial charge in [-0.1, -0.05) is 12.1 Å². The van der Waals surface area contributed by atoms with Gasteiger partial charge in [-0.05, 0) is 44.9 Å². The SMILES string of the molecule is CC(C)(C)OC(=O)N1CC[C@@H](c2ccc(O)cc2)[C@H]1CO. The molecule has 1 aromatic carbocycles. The number of likely N-dealkylation sites (tertiary alicyclic amines) is 1. The van der Waals surface area contributed by atoms with E-state index < -0.39 is 5.60 Å². The maximum Gasteiger partial charge on any atom is 0.410 e. The molecule has 1 saturated heterocycles. The fraction of sp³-hybridized carbons (Fsp3) is 0.562. The summed E-state index contributed by atoms with van der Waals surface area (Å²) in [6.45, 7) is 5.93. The number of phenolic OH excluding ortho intramolecular Hbond substituents is 1. The second kappa shape index (κ2) is 5.93. The third kappa shape index (κ3) is 3.67. The number of amides is 1. The third-order valence-corrected chi connectivity index (χ3v) is 3.68. The maximum atomic E-state index is 12.2. The molecule has 0 bridgehead atoms. The lowest BCUT2D eigenvalue weighted by molar-refractivity contribution is 0.0165. The summed E-state index contributed by atoms with van der Waals surface area (Å²) in [4.78, 5) is 13.8. The molecule has 0 aliphatic carbocycles. The first kappa shape index (κ1) is 15.6. The van der Waals surface area contributed by atoms with Gasteiger partial charge in [0.05, 0.1) is 12.6 Å². The Balaban J connectivity index is 2.14. The van der Waals surface area contributed by atoms with Gasteiger partial charge in [-0.3, -0.25) is 0 Å². The minimum absolute atomic E-state index is 0.0584. The van der Waals surface area contributed by atoms with E-state index in [0.717, 1.165) is 12.0 Å². The van der Waals surface area contributed by atoms with E-state index in [1.807, 2.05) is 32.9 Å². The van der Waals surface area contributed by atoms with Gasteiger partial charge in [-0.15, -0.1) is 0 Å². The highest BCUT2D eigenvalue weighted by molar-refractivity contribution is 5.69. The standard InChI is InChI=1S/C16H23NO4/c1-16(2,3)21-15(20)17-9-8-13(14(17)10-18)11-4-6-12(19)7-5-11/h4-7,13-14,18-19H,8-10H2,1-3H3/t13-,14+/m0/s1. The zero-order valence-electron chi connectivity index (χ0n) is 12.7. The number of carbonyl (C=O) groups excluding carboxylic acids is 1. The Morgan fingerprint density at radius 1 is 1.33 bits per heavy atom. The summed E-state index contributed by atoms with van der Waals surface area (Å²) in [5.74, 6) is 0.268. The predicted octanol–water partition coefficient (Wildman–Crippen LogP) is 2.48. The molecule has 5 heteroatoms. The van der Waals surface area contributed by atoms with Crippen molar-refractivity contribution in [2.75, 3.05) is 13.2 Å². The van der Waals surface area contributed by atoms with Gasteiger partial charge in [0.1, 0.15) is 11.4 Å². The number of aliphatic hydroxyl groups is 1. The van der Waals surface area contributed by atoms with Crippen LogP contribution in [0.5, 0.6) is 5.75 Å². The third-order valence-electron chi connectivity index (χ3n) is 3.68. The van der Waals surface area contributed by atoms with Crippen LogP contribution in [-0.2, 0) is 4.74 Å². The molecule has 1 fully saturated rings. The van der Waals surface area contributed by atoms with Gasteiger partial charge in [0.15, 0.2) is 0 Å². The van der Waals surface area contributed by atoms with Crippen LogP contribution in [0.25, 0.3) is 0 Å². The first-order valence-corrected chi connectivity index (χ1v) is 7.21. The van der Waals surface area contributed by atoms with Gasteiger partial charge in [0, 0.05) is 12.5 Å². The molecule has 21 heavy (non-hydrogen) atoms. The predicted molar refractivity (Wildman–Crippen MR) is 79.3 cm³/mol. The summed E-state index contributed by atoms with van der Waals surface area (Å²) in [5, 5.41) is 19.0. The zero-order chi connectivity index (χ0) is 15.6. The van der Waals surface area contributed by atoms with Crippen molar-refractivity contribution in [1.82, 2.24) is 4.90 Å². The maximum absolute atomic E-state index is 12.2. The number of benzene rings is 1. The number of ether oxygens (including phenoxy) is 1. The first-order valence-electron chi connectivity index (χ1n) is 7.21. The van der Waals surface area contributed by atoms with Gasteiger partial charge >= 0.3 is 6.09 Å². The molecule has 0 spiro atoms. The van der Waals surface area contributed by atoms with E-state index in [1.165, 1.54) is 0 Å². The van der Waals surface area contributed by atoms with Gasteiger partial charge in [-0.2, -0.15) is 0 Å². The quantitative estimate of drug-likeness (QED) is 0.879. The van der Waals surface area contributed by atoms with E-state index in [-0.39, 0.29) is 30.4 Å². The molecule has 2 N–H and O–H groups in total. The number of aromatic hydroxyl groups is 1. The van der Waals surface area contributed by atoms with Crippen LogP contribution in [0.1, 0.15) is 38.7 Å². The Morgan fingerprint density at radius 3 is 2.48 bits per heavy atom. The summed E-state index contributed by atoms with van der Waals surface area (Å²) in [6, 6.07) is 6.63. The van der Waals surface area contributed by atoms with Gasteiger partial charge < -0.3 is 19.8 Å². The van der Waals surface area contributed by atoms with Crippen molar-refractivity contribution in [3.8, 4) is 5.75 Å². The summed E-state index contributed by atoms with van der Waals surface area (Å²) in [7, 11) is 0. The lowest BCUT2D eigenvalue weighted by atomic mass is 9.92. The highest BCUT2D eigenvalue weighted by atomic mass is 16.6. The Hall–Kier alpha value is -1.75. The molecule has 116 valence electrons. The lowest BCUT2D eigenvalue weighted by Gasteiger charge is -2.29. The normalized spacial score (nSPS) is 22.4. The smallest absolute Gasteiger partial charge is 0.410 e. The number of nitrogens with zero attached hydrogens (tertiary/aromatic N) is 1. The fourth-order valence-electron chi connectivity index (χ4n) is 2.74. The first-order chi connectivity index (χ1) is 9.81. The van der Waals surface area contributed by atoms with Crippen molar-refractivity contribution >= 4 is 6.09 Å². The minimum Gasteiger partial charge on any atom is -0.508 e. The topological polar surface area (TPSA) is 70.0 Å². The monoisotopic (exact) mass is 293 g/mol. The molecule has 1 amide bonds. The molecule has 2 atom stereocenters. The van der Waals surface area contributed by atoms with Crippen LogP contribution < -0.4 is 0 Å². The van der Waals surface area contributed by atoms with E-state index in [9.17, 15) is 15.0 Å². The van der Waals surface area contributed by atoms with Gasteiger partial charge in [-0.25, -0.2) is 4.79 Å². The lowest BCUT2D eigenvalue weighted by Crippen LogP contribution is -2.42. The van der Waals surface area contributed by atoms with E-state index in [1.54, 1.807) is 17.0 Å². The van der Waals surface area contributed by atoms with Gasteiger partial charge in [0.25, 0.3) is 0 Å². The molecular formula is C16H23NO4. The molecule has 0 unspecified atom stereocenters. The number of rotatable bonds is 2. The van der Waals surface area contributed by atoms with E-state index in [0.29, 0.717) is 6.54 Å². The van der Waals surface area contributed by atoms with E-state index in [4.69, 9.17) is 4.74 Å². The van der Waals surface area contributed by atoms with Crippen LogP contribution in [0.15, 0.2) is 24.3 Å². The van der Waals surface area contributed by atoms with Crippen LogP contribution >= 0.6 is 0 Å². The van der Waals surface area contributed by atoms with Crippen molar-refractivity contribution in [2.24, 2.45) is 0 Å². The Labute approximate surface area is 125 Å². The minimum atomic E-state index is -0.548. The van der Waals surface area contributed by atoms with Crippen LogP contribution in [0, 0.1) is 0 Å². The zero-order valence-corrected chi connectivity index (χ0v) is 12.7. The Morgan fingerprint density at radius 2 is 1.95 bits per heavy atom. The summed E-state index contributed by atoms with van der Waals surface area (Å²) >= 11 is 0. The average Bonchev–Trinajstić information content (AvgIpc) is 2.81. The molecule has 1 heterocycles. The molecule has 1 aromatic rings. The molecule has 1 aliphatic heterocycles. The average molecular weight is 293 g/mol. The van der Waals surface area contributed by atoms with Crippen LogP contribution in [0.2, 0.25) is 0 Å². The summed E-state index contributed by atoms with van der Waals surface area (Å²) in [6.07, 6.45) is 0.387. The van der Waals surface area contributed by atoms with Crippen molar-refractivity contribution in [3.63, 3.8) is 0 Å². The molecular weight excluding hydrogens is 270 g/mol. The highest BCUT2D eigenvalue weighted by Crippen LogP contribution is 2.34. The Kier molecular flexibility index (Phi) is 4.42. The summed E-state index contributed by atoms with van der Waals surface area (Å²) in [5.41, 5.74) is 0.464. The van der Waals surface area contributed by atoms with E-state index >= 15 is 0 Å². The largest absolute Gasteiger partial charge is 0.508 e. The van der Waals surface area contributed by atoms with Crippen molar-refractivity contribution in [1.29, 1.82) is 0 Å². The number of phenols is 1. The molecule has 0 saturated carbocycles. The second-order valence-corrected chi connectivity index (χ2v) is 6.41. The van der Waals surface area contributed by atoms with E-state index in [2.05, 4.69) is 0 Å². The second-order valence-electron chi connectivity index (χ2n) is 6.41. The molecule has 0 aromatic heterocycles. The number of carbonyl (C=O) groups is 1. The van der Waals surface area contributed by atoms with Gasteiger partial charge in [0.2, 0.25) is 0 Å². The van der Waals surface area contributed by atoms with Crippen molar-refractivity contribution < 1.29 is 19.7 Å². The van der Waals surface area contributed by atoms with Crippen molar-refractivity contribution in [3.05, 3.63) is 29.8 Å². The number of hydrogen-bond acceptors (Lipinski definition) is 4. The molecule has 1 aliphatic rings. The highest BCUT2D eigenvalue weighted by Gasteiger charge is 2.39. The molecule has 0 radical (unpaired) electrons. The van der Waals surface area contributed by atoms with Crippen LogP contribution in [0.4, 0.5) is 4.79 Å². The fourth-order valence-corrected chi connectivity index (χ4v) is 2.74. The van der Waals surface area contributed by atoms with Crippen molar-refractivity contribution in [2.45, 2.75) is 44.8 Å². The van der Waals surface area contributed by atoms with Crippen LogP contribution in [-0.4, -0.2) is 46.0 Å². The number of aliphatic hydroxyl groups excluding tert-OH is 1. The molecule has 5 nitrogen and oxygen atoms in total. The Bertz CT molecular complexity index is 492. The van der Waals surface area contributed by atoms with Crippen LogP contribution in [0.3, 0.4) is 0 Å².